The maximum atomic E-state index is 10.4. The van der Waals surface area contributed by atoms with Gasteiger partial charge in [0.1, 0.15) is 30.5 Å². The van der Waals surface area contributed by atoms with Gasteiger partial charge in [-0.05, 0) is 54.7 Å². The van der Waals surface area contributed by atoms with E-state index in [0.717, 1.165) is 22.3 Å². The van der Waals surface area contributed by atoms with Crippen molar-refractivity contribution in [2.45, 2.75) is 50.8 Å². The molecule has 28 heavy (non-hydrogen) atoms. The highest BCUT2D eigenvalue weighted by molar-refractivity contribution is 5.40. The van der Waals surface area contributed by atoms with Gasteiger partial charge in [0.05, 0.1) is 6.61 Å². The van der Waals surface area contributed by atoms with Gasteiger partial charge >= 0.3 is 0 Å². The van der Waals surface area contributed by atoms with Gasteiger partial charge in [0.2, 0.25) is 0 Å². The SMILES string of the molecule is CC#Cc1ccc(Cc2cc([C@@H]3O[C@H](CO)[C@@H](O)[C@H](O)[C@H]3O)ccc2C)cc1. The van der Waals surface area contributed by atoms with E-state index < -0.39 is 37.1 Å². The second-order valence-corrected chi connectivity index (χ2v) is 7.18. The molecule has 5 nitrogen and oxygen atoms in total. The lowest BCUT2D eigenvalue weighted by Gasteiger charge is -2.40. The smallest absolute Gasteiger partial charge is 0.113 e. The highest BCUT2D eigenvalue weighted by Gasteiger charge is 2.43. The van der Waals surface area contributed by atoms with Crippen molar-refractivity contribution in [3.05, 3.63) is 70.3 Å². The van der Waals surface area contributed by atoms with Crippen LogP contribution in [-0.4, -0.2) is 51.4 Å². The highest BCUT2D eigenvalue weighted by Crippen LogP contribution is 2.33. The van der Waals surface area contributed by atoms with Crippen LogP contribution in [0.2, 0.25) is 0 Å². The van der Waals surface area contributed by atoms with Crippen molar-refractivity contribution in [1.29, 1.82) is 0 Å². The van der Waals surface area contributed by atoms with Gasteiger partial charge in [0, 0.05) is 5.56 Å². The molecule has 0 amide bonds. The van der Waals surface area contributed by atoms with E-state index in [2.05, 4.69) is 11.8 Å². The monoisotopic (exact) mass is 382 g/mol. The van der Waals surface area contributed by atoms with Crippen LogP contribution in [0.4, 0.5) is 0 Å². The van der Waals surface area contributed by atoms with Crippen molar-refractivity contribution in [1.82, 2.24) is 0 Å². The van der Waals surface area contributed by atoms with Crippen LogP contribution in [0.5, 0.6) is 0 Å². The molecule has 0 aliphatic carbocycles. The van der Waals surface area contributed by atoms with E-state index in [0.29, 0.717) is 12.0 Å². The summed E-state index contributed by atoms with van der Waals surface area (Å²) in [6.45, 7) is 3.39. The fraction of sp³-hybridized carbons (Fsp3) is 0.391. The normalized spacial score (nSPS) is 27.1. The minimum Gasteiger partial charge on any atom is -0.394 e. The summed E-state index contributed by atoms with van der Waals surface area (Å²) in [6, 6.07) is 13.8. The molecule has 3 rings (SSSR count). The Balaban J connectivity index is 1.85. The average Bonchev–Trinajstić information content (AvgIpc) is 2.70. The zero-order valence-electron chi connectivity index (χ0n) is 16.0. The van der Waals surface area contributed by atoms with Crippen molar-refractivity contribution in [2.75, 3.05) is 6.61 Å². The zero-order valence-corrected chi connectivity index (χ0v) is 16.0. The van der Waals surface area contributed by atoms with E-state index in [1.807, 2.05) is 56.3 Å². The van der Waals surface area contributed by atoms with Crippen LogP contribution < -0.4 is 0 Å². The van der Waals surface area contributed by atoms with Gasteiger partial charge < -0.3 is 25.2 Å². The topological polar surface area (TPSA) is 90.2 Å². The van der Waals surface area contributed by atoms with E-state index in [-0.39, 0.29) is 0 Å². The number of ether oxygens (including phenoxy) is 1. The van der Waals surface area contributed by atoms with E-state index in [9.17, 15) is 20.4 Å². The molecule has 1 fully saturated rings. The van der Waals surface area contributed by atoms with Gasteiger partial charge in [-0.1, -0.05) is 36.3 Å². The fourth-order valence-electron chi connectivity index (χ4n) is 3.51. The van der Waals surface area contributed by atoms with Gasteiger partial charge in [-0.25, -0.2) is 0 Å². The van der Waals surface area contributed by atoms with Crippen molar-refractivity contribution >= 4 is 0 Å². The Morgan fingerprint density at radius 1 is 0.964 bits per heavy atom. The molecule has 2 aromatic rings. The Bertz CT molecular complexity index is 863. The van der Waals surface area contributed by atoms with Crippen LogP contribution in [0.25, 0.3) is 0 Å². The maximum Gasteiger partial charge on any atom is 0.113 e. The fourth-order valence-corrected chi connectivity index (χ4v) is 3.51. The summed E-state index contributed by atoms with van der Waals surface area (Å²) < 4.78 is 5.68. The first kappa shape index (κ1) is 20.5. The summed E-state index contributed by atoms with van der Waals surface area (Å²) in [7, 11) is 0. The molecule has 0 bridgehead atoms. The molecule has 1 saturated heterocycles. The van der Waals surface area contributed by atoms with Crippen LogP contribution in [0.3, 0.4) is 0 Å². The lowest BCUT2D eigenvalue weighted by atomic mass is 9.89. The molecular weight excluding hydrogens is 356 g/mol. The molecule has 5 heteroatoms. The van der Waals surface area contributed by atoms with Crippen molar-refractivity contribution in [3.8, 4) is 11.8 Å². The molecule has 4 N–H and O–H groups in total. The third-order valence-corrected chi connectivity index (χ3v) is 5.21. The van der Waals surface area contributed by atoms with Crippen LogP contribution in [-0.2, 0) is 11.2 Å². The number of benzene rings is 2. The zero-order chi connectivity index (χ0) is 20.3. The number of aliphatic hydroxyl groups excluding tert-OH is 4. The van der Waals surface area contributed by atoms with Crippen LogP contribution in [0.1, 0.15) is 40.8 Å². The van der Waals surface area contributed by atoms with E-state index in [4.69, 9.17) is 4.74 Å². The number of aryl methyl sites for hydroxylation is 1. The number of rotatable bonds is 4. The predicted molar refractivity (Wildman–Crippen MR) is 106 cm³/mol. The minimum atomic E-state index is -1.38. The summed E-state index contributed by atoms with van der Waals surface area (Å²) in [5.74, 6) is 5.91. The van der Waals surface area contributed by atoms with E-state index in [1.165, 1.54) is 0 Å². The standard InChI is InChI=1S/C23H26O5/c1-3-4-15-6-8-16(9-7-15)11-18-12-17(10-5-14(18)2)23-22(27)21(26)20(25)19(13-24)28-23/h5-10,12,19-27H,11,13H2,1-2H3/t19-,20-,21+,22-,23+/m1/s1. The molecule has 0 radical (unpaired) electrons. The average molecular weight is 382 g/mol. The van der Waals surface area contributed by atoms with Gasteiger partial charge in [0.15, 0.2) is 0 Å². The summed E-state index contributed by atoms with van der Waals surface area (Å²) in [4.78, 5) is 0. The van der Waals surface area contributed by atoms with Crippen LogP contribution in [0, 0.1) is 18.8 Å². The Morgan fingerprint density at radius 3 is 2.32 bits per heavy atom. The molecule has 1 aliphatic heterocycles. The molecule has 148 valence electrons. The predicted octanol–water partition coefficient (Wildman–Crippen LogP) is 1.47. The molecule has 1 aliphatic rings. The lowest BCUT2D eigenvalue weighted by molar-refractivity contribution is -0.231. The van der Waals surface area contributed by atoms with Crippen LogP contribution in [0.15, 0.2) is 42.5 Å². The van der Waals surface area contributed by atoms with Gasteiger partial charge in [-0.2, -0.15) is 0 Å². The Hall–Kier alpha value is -2.20. The second kappa shape index (κ2) is 8.87. The number of hydrogen-bond acceptors (Lipinski definition) is 5. The number of aliphatic hydroxyl groups is 4. The van der Waals surface area contributed by atoms with Gasteiger partial charge in [-0.3, -0.25) is 0 Å². The third-order valence-electron chi connectivity index (χ3n) is 5.21. The molecular formula is C23H26O5. The van der Waals surface area contributed by atoms with Crippen molar-refractivity contribution in [3.63, 3.8) is 0 Å². The van der Waals surface area contributed by atoms with Crippen molar-refractivity contribution in [2.24, 2.45) is 0 Å². The maximum absolute atomic E-state index is 10.4. The lowest BCUT2D eigenvalue weighted by Crippen LogP contribution is -2.55. The summed E-state index contributed by atoms with van der Waals surface area (Å²) in [5.41, 5.74) is 4.98. The van der Waals surface area contributed by atoms with Crippen molar-refractivity contribution < 1.29 is 25.2 Å². The Kier molecular flexibility index (Phi) is 6.50. The highest BCUT2D eigenvalue weighted by atomic mass is 16.5. The summed E-state index contributed by atoms with van der Waals surface area (Å²) in [6.07, 6.45) is -5.05. The molecule has 2 aromatic carbocycles. The molecule has 0 unspecified atom stereocenters. The minimum absolute atomic E-state index is 0.437. The molecule has 0 spiro atoms. The first-order valence-corrected chi connectivity index (χ1v) is 9.36. The quantitative estimate of drug-likeness (QED) is 0.602. The molecule has 0 aromatic heterocycles. The third kappa shape index (κ3) is 4.27. The Morgan fingerprint density at radius 2 is 1.68 bits per heavy atom. The van der Waals surface area contributed by atoms with E-state index >= 15 is 0 Å². The first-order valence-electron chi connectivity index (χ1n) is 9.36. The van der Waals surface area contributed by atoms with Gasteiger partial charge in [-0.15, -0.1) is 5.92 Å². The number of hydrogen-bond donors (Lipinski definition) is 4. The molecule has 1 heterocycles. The Labute approximate surface area is 165 Å². The largest absolute Gasteiger partial charge is 0.394 e. The summed E-state index contributed by atoms with van der Waals surface area (Å²) >= 11 is 0. The van der Waals surface area contributed by atoms with E-state index in [1.54, 1.807) is 0 Å². The van der Waals surface area contributed by atoms with Crippen LogP contribution >= 0.6 is 0 Å². The molecule has 0 saturated carbocycles. The van der Waals surface area contributed by atoms with Gasteiger partial charge in [0.25, 0.3) is 0 Å². The summed E-state index contributed by atoms with van der Waals surface area (Å²) in [5, 5.41) is 39.8. The molecule has 5 atom stereocenters. The second-order valence-electron chi connectivity index (χ2n) is 7.18. The first-order chi connectivity index (χ1) is 13.4.